The first-order chi connectivity index (χ1) is 17.9. The summed E-state index contributed by atoms with van der Waals surface area (Å²) < 4.78 is 0. The van der Waals surface area contributed by atoms with Crippen LogP contribution < -0.4 is 21.3 Å². The molecule has 2 aliphatic rings. The van der Waals surface area contributed by atoms with E-state index in [4.69, 9.17) is 5.73 Å². The van der Waals surface area contributed by atoms with Gasteiger partial charge < -0.3 is 26.2 Å². The summed E-state index contributed by atoms with van der Waals surface area (Å²) >= 11 is 0. The van der Waals surface area contributed by atoms with Crippen LogP contribution in [-0.2, 0) is 10.3 Å². The predicted octanol–water partition coefficient (Wildman–Crippen LogP) is 4.72. The van der Waals surface area contributed by atoms with E-state index in [-0.39, 0.29) is 11.4 Å². The lowest BCUT2D eigenvalue weighted by molar-refractivity contribution is -0.129. The number of hydrogen-bond acceptors (Lipinski definition) is 6. The molecule has 2 fully saturated rings. The van der Waals surface area contributed by atoms with Crippen LogP contribution in [0.4, 0.5) is 22.9 Å². The van der Waals surface area contributed by atoms with Crippen molar-refractivity contribution in [2.24, 2.45) is 5.73 Å². The molecule has 0 atom stereocenters. The van der Waals surface area contributed by atoms with Gasteiger partial charge in [0.05, 0.1) is 16.8 Å². The molecule has 4 N–H and O–H groups in total. The number of aromatic nitrogens is 1. The summed E-state index contributed by atoms with van der Waals surface area (Å²) in [6.45, 7) is 8.65. The van der Waals surface area contributed by atoms with Crippen molar-refractivity contribution in [3.05, 3.63) is 78.0 Å². The molecule has 1 aliphatic carbocycles. The van der Waals surface area contributed by atoms with Crippen molar-refractivity contribution < 1.29 is 9.59 Å². The second-order valence-electron chi connectivity index (χ2n) is 9.22. The number of nitrogens with zero attached hydrogens (tertiary/aromatic N) is 3. The molecule has 194 valence electrons. The molecule has 0 bridgehead atoms. The maximum absolute atomic E-state index is 12.1. The molecular formula is C29H36N6O2. The summed E-state index contributed by atoms with van der Waals surface area (Å²) in [6, 6.07) is 20.2. The molecule has 2 amide bonds. The van der Waals surface area contributed by atoms with Crippen LogP contribution in [0.15, 0.2) is 66.9 Å². The molecule has 0 spiro atoms. The molecule has 3 aromatic rings. The van der Waals surface area contributed by atoms with Crippen LogP contribution in [0.2, 0.25) is 0 Å². The van der Waals surface area contributed by atoms with Crippen molar-refractivity contribution in [1.82, 2.24) is 9.88 Å². The van der Waals surface area contributed by atoms with E-state index in [0.717, 1.165) is 50.4 Å². The Bertz CT molecular complexity index is 1230. The van der Waals surface area contributed by atoms with Crippen LogP contribution in [0.1, 0.15) is 49.5 Å². The van der Waals surface area contributed by atoms with Crippen LogP contribution in [0.3, 0.4) is 0 Å². The SMILES string of the molecule is CC.CC(=O)N1CCN(c2cccc(Nc3cc(NC4(c5ccccc5)CC4)c(C(N)=O)cn3)c2)CC1. The highest BCUT2D eigenvalue weighted by atomic mass is 16.2. The molecular weight excluding hydrogens is 464 g/mol. The quantitative estimate of drug-likeness (QED) is 0.434. The van der Waals surface area contributed by atoms with Gasteiger partial charge in [0, 0.05) is 56.7 Å². The van der Waals surface area contributed by atoms with Gasteiger partial charge in [-0.2, -0.15) is 0 Å². The Hall–Kier alpha value is -4.07. The second kappa shape index (κ2) is 11.3. The van der Waals surface area contributed by atoms with Crippen LogP contribution >= 0.6 is 0 Å². The van der Waals surface area contributed by atoms with E-state index in [0.29, 0.717) is 17.1 Å². The summed E-state index contributed by atoms with van der Waals surface area (Å²) in [6.07, 6.45) is 3.50. The minimum absolute atomic E-state index is 0.121. The lowest BCUT2D eigenvalue weighted by Crippen LogP contribution is -2.48. The molecule has 2 aromatic carbocycles. The smallest absolute Gasteiger partial charge is 0.252 e. The standard InChI is InChI=1S/C27H30N6O2.C2H6/c1-19(34)32-12-14-33(15-13-32)22-9-5-8-21(16-22)30-25-17-24(23(18-29-25)26(28)35)31-27(10-11-27)20-6-3-2-4-7-20;1-2/h2-9,16-18H,10-15H2,1H3,(H2,28,35)(H2,29,30,31);1-2H3. The number of piperazine rings is 1. The van der Waals surface area contributed by atoms with Crippen LogP contribution in [0, 0.1) is 0 Å². The van der Waals surface area contributed by atoms with Crippen molar-refractivity contribution in [1.29, 1.82) is 0 Å². The normalized spacial score (nSPS) is 15.8. The van der Waals surface area contributed by atoms with Gasteiger partial charge in [-0.05, 0) is 36.6 Å². The Morgan fingerprint density at radius 3 is 2.27 bits per heavy atom. The van der Waals surface area contributed by atoms with Gasteiger partial charge >= 0.3 is 0 Å². The first-order valence-corrected chi connectivity index (χ1v) is 12.9. The number of primary amides is 1. The zero-order valence-electron chi connectivity index (χ0n) is 21.8. The highest BCUT2D eigenvalue weighted by molar-refractivity contribution is 5.99. The van der Waals surface area contributed by atoms with E-state index in [1.165, 1.54) is 11.8 Å². The van der Waals surface area contributed by atoms with Crippen molar-refractivity contribution in [3.8, 4) is 0 Å². The Morgan fingerprint density at radius 1 is 0.946 bits per heavy atom. The third-order valence-corrected chi connectivity index (χ3v) is 6.83. The van der Waals surface area contributed by atoms with Crippen LogP contribution in [-0.4, -0.2) is 47.9 Å². The maximum atomic E-state index is 12.1. The number of rotatable bonds is 7. The molecule has 5 rings (SSSR count). The van der Waals surface area contributed by atoms with Gasteiger partial charge in [0.25, 0.3) is 5.91 Å². The number of anilines is 4. The zero-order chi connectivity index (χ0) is 26.4. The van der Waals surface area contributed by atoms with E-state index in [1.54, 1.807) is 6.92 Å². The summed E-state index contributed by atoms with van der Waals surface area (Å²) in [7, 11) is 0. The van der Waals surface area contributed by atoms with Crippen molar-refractivity contribution >= 4 is 34.7 Å². The zero-order valence-corrected chi connectivity index (χ0v) is 21.8. The Labute approximate surface area is 218 Å². The van der Waals surface area contributed by atoms with Gasteiger partial charge in [-0.3, -0.25) is 9.59 Å². The molecule has 1 saturated carbocycles. The van der Waals surface area contributed by atoms with E-state index in [2.05, 4.69) is 44.8 Å². The minimum atomic E-state index is -0.512. The van der Waals surface area contributed by atoms with E-state index in [1.807, 2.05) is 55.1 Å². The largest absolute Gasteiger partial charge is 0.375 e. The molecule has 1 aliphatic heterocycles. The number of hydrogen-bond donors (Lipinski definition) is 3. The number of carbonyl (C=O) groups is 2. The van der Waals surface area contributed by atoms with Crippen molar-refractivity contribution in [2.75, 3.05) is 41.7 Å². The van der Waals surface area contributed by atoms with E-state index >= 15 is 0 Å². The summed E-state index contributed by atoms with van der Waals surface area (Å²) in [5.74, 6) is 0.234. The maximum Gasteiger partial charge on any atom is 0.252 e. The Kier molecular flexibility index (Phi) is 7.96. The van der Waals surface area contributed by atoms with Crippen molar-refractivity contribution in [3.63, 3.8) is 0 Å². The fourth-order valence-corrected chi connectivity index (χ4v) is 4.66. The highest BCUT2D eigenvalue weighted by Gasteiger charge is 2.44. The first kappa shape index (κ1) is 26.0. The molecule has 37 heavy (non-hydrogen) atoms. The molecule has 8 nitrogen and oxygen atoms in total. The Morgan fingerprint density at radius 2 is 1.65 bits per heavy atom. The first-order valence-electron chi connectivity index (χ1n) is 12.9. The van der Waals surface area contributed by atoms with Gasteiger partial charge in [0.15, 0.2) is 0 Å². The van der Waals surface area contributed by atoms with Crippen molar-refractivity contribution in [2.45, 2.75) is 39.2 Å². The lowest BCUT2D eigenvalue weighted by atomic mass is 10.0. The monoisotopic (exact) mass is 500 g/mol. The van der Waals surface area contributed by atoms with E-state index in [9.17, 15) is 9.59 Å². The minimum Gasteiger partial charge on any atom is -0.375 e. The second-order valence-corrected chi connectivity index (χ2v) is 9.22. The highest BCUT2D eigenvalue weighted by Crippen LogP contribution is 2.48. The van der Waals surface area contributed by atoms with Gasteiger partial charge in [-0.15, -0.1) is 0 Å². The van der Waals surface area contributed by atoms with Gasteiger partial charge in [0.1, 0.15) is 5.82 Å². The summed E-state index contributed by atoms with van der Waals surface area (Å²) in [5.41, 5.74) is 9.69. The number of nitrogens with one attached hydrogen (secondary N) is 2. The third kappa shape index (κ3) is 6.02. The number of pyridine rings is 1. The Balaban J connectivity index is 0.00000156. The molecule has 1 saturated heterocycles. The topological polar surface area (TPSA) is 104 Å². The van der Waals surface area contributed by atoms with Gasteiger partial charge in [0.2, 0.25) is 5.91 Å². The lowest BCUT2D eigenvalue weighted by Gasteiger charge is -2.35. The molecule has 1 aromatic heterocycles. The molecule has 0 unspecified atom stereocenters. The molecule has 0 radical (unpaired) electrons. The van der Waals surface area contributed by atoms with Crippen LogP contribution in [0.25, 0.3) is 0 Å². The predicted molar refractivity (Wildman–Crippen MR) is 149 cm³/mol. The van der Waals surface area contributed by atoms with Gasteiger partial charge in [-0.1, -0.05) is 50.2 Å². The number of nitrogens with two attached hydrogens (primary N) is 1. The number of amides is 2. The summed E-state index contributed by atoms with van der Waals surface area (Å²) in [4.78, 5) is 32.3. The third-order valence-electron chi connectivity index (χ3n) is 6.83. The van der Waals surface area contributed by atoms with Crippen LogP contribution in [0.5, 0.6) is 0 Å². The van der Waals surface area contributed by atoms with Gasteiger partial charge in [-0.25, -0.2) is 4.98 Å². The average molecular weight is 501 g/mol. The molecule has 2 heterocycles. The average Bonchev–Trinajstić information content (AvgIpc) is 3.71. The molecule has 8 heteroatoms. The van der Waals surface area contributed by atoms with E-state index < -0.39 is 5.91 Å². The summed E-state index contributed by atoms with van der Waals surface area (Å²) in [5, 5.41) is 6.95. The number of carbonyl (C=O) groups excluding carboxylic acids is 2. The number of benzene rings is 2. The fourth-order valence-electron chi connectivity index (χ4n) is 4.66. The fraction of sp³-hybridized carbons (Fsp3) is 0.345.